The molecule has 3 rings (SSSR count). The Bertz CT molecular complexity index is 1170. The van der Waals surface area contributed by atoms with Gasteiger partial charge in [0, 0.05) is 32.6 Å². The average Bonchev–Trinajstić information content (AvgIpc) is 2.73. The SMILES string of the molecule is CCN(CC)S(=O)(=O)c1ccc(N(C)C)c(NC(=O)c2ccc3ccccc3n2)c1. The maximum Gasteiger partial charge on any atom is 0.274 e. The molecule has 7 nitrogen and oxygen atoms in total. The largest absolute Gasteiger partial charge is 0.376 e. The number of carbonyl (C=O) groups excluding carboxylic acids is 1. The molecular weight excluding hydrogens is 400 g/mol. The van der Waals surface area contributed by atoms with Gasteiger partial charge in [-0.05, 0) is 30.3 Å². The standard InChI is InChI=1S/C22H26N4O3S/c1-5-26(6-2)30(28,29)17-12-14-21(25(3)4)20(15-17)24-22(27)19-13-11-16-9-7-8-10-18(16)23-19/h7-15H,5-6H2,1-4H3,(H,24,27). The molecule has 0 radical (unpaired) electrons. The predicted molar refractivity (Wildman–Crippen MR) is 121 cm³/mol. The number of sulfonamides is 1. The van der Waals surface area contributed by atoms with Crippen molar-refractivity contribution >= 4 is 38.2 Å². The minimum atomic E-state index is -3.65. The molecule has 1 aromatic heterocycles. The van der Waals surface area contributed by atoms with Gasteiger partial charge in [-0.1, -0.05) is 38.1 Å². The van der Waals surface area contributed by atoms with Gasteiger partial charge in [0.1, 0.15) is 5.69 Å². The lowest BCUT2D eigenvalue weighted by Gasteiger charge is -2.22. The van der Waals surface area contributed by atoms with Gasteiger partial charge in [-0.3, -0.25) is 4.79 Å². The van der Waals surface area contributed by atoms with Crippen molar-refractivity contribution in [3.63, 3.8) is 0 Å². The van der Waals surface area contributed by atoms with E-state index in [9.17, 15) is 13.2 Å². The second-order valence-corrected chi connectivity index (χ2v) is 8.94. The number of carbonyl (C=O) groups is 1. The normalized spacial score (nSPS) is 11.6. The number of hydrogen-bond donors (Lipinski definition) is 1. The van der Waals surface area contributed by atoms with Crippen molar-refractivity contribution in [1.29, 1.82) is 0 Å². The Morgan fingerprint density at radius 1 is 1.00 bits per heavy atom. The van der Waals surface area contributed by atoms with Crippen LogP contribution in [0.15, 0.2) is 59.5 Å². The zero-order valence-corrected chi connectivity index (χ0v) is 18.4. The molecule has 2 aromatic carbocycles. The van der Waals surface area contributed by atoms with E-state index in [1.807, 2.05) is 49.3 Å². The van der Waals surface area contributed by atoms with Crippen LogP contribution in [0.4, 0.5) is 11.4 Å². The van der Waals surface area contributed by atoms with Gasteiger partial charge in [-0.15, -0.1) is 0 Å². The molecule has 1 heterocycles. The van der Waals surface area contributed by atoms with Crippen LogP contribution in [0.25, 0.3) is 10.9 Å². The van der Waals surface area contributed by atoms with Crippen molar-refractivity contribution in [3.05, 3.63) is 60.3 Å². The third-order valence-electron chi connectivity index (χ3n) is 4.87. The summed E-state index contributed by atoms with van der Waals surface area (Å²) in [6.07, 6.45) is 0. The highest BCUT2D eigenvalue weighted by Crippen LogP contribution is 2.29. The van der Waals surface area contributed by atoms with Crippen LogP contribution in [0.3, 0.4) is 0 Å². The average molecular weight is 427 g/mol. The van der Waals surface area contributed by atoms with E-state index in [1.54, 1.807) is 32.0 Å². The molecule has 0 spiro atoms. The summed E-state index contributed by atoms with van der Waals surface area (Å²) in [6.45, 7) is 4.33. The first kappa shape index (κ1) is 21.7. The molecular formula is C22H26N4O3S. The number of para-hydroxylation sites is 1. The molecule has 0 aliphatic rings. The van der Waals surface area contributed by atoms with Crippen LogP contribution in [-0.4, -0.2) is 50.8 Å². The summed E-state index contributed by atoms with van der Waals surface area (Å²) in [5.74, 6) is -0.402. The molecule has 0 saturated heterocycles. The van der Waals surface area contributed by atoms with E-state index in [0.717, 1.165) is 10.9 Å². The number of amides is 1. The number of hydrogen-bond acceptors (Lipinski definition) is 5. The molecule has 1 amide bonds. The molecule has 0 aliphatic carbocycles. The summed E-state index contributed by atoms with van der Waals surface area (Å²) < 4.78 is 27.2. The topological polar surface area (TPSA) is 82.6 Å². The third-order valence-corrected chi connectivity index (χ3v) is 6.92. The van der Waals surface area contributed by atoms with Gasteiger partial charge < -0.3 is 10.2 Å². The monoisotopic (exact) mass is 426 g/mol. The highest BCUT2D eigenvalue weighted by Gasteiger charge is 2.23. The third kappa shape index (κ3) is 4.29. The van der Waals surface area contributed by atoms with E-state index in [0.29, 0.717) is 24.5 Å². The van der Waals surface area contributed by atoms with E-state index in [-0.39, 0.29) is 10.6 Å². The number of nitrogens with one attached hydrogen (secondary N) is 1. The Kier molecular flexibility index (Phi) is 6.38. The molecule has 30 heavy (non-hydrogen) atoms. The van der Waals surface area contributed by atoms with Crippen molar-refractivity contribution in [1.82, 2.24) is 9.29 Å². The summed E-state index contributed by atoms with van der Waals surface area (Å²) in [5, 5.41) is 3.77. The first-order valence-corrected chi connectivity index (χ1v) is 11.2. The van der Waals surface area contributed by atoms with Crippen molar-refractivity contribution < 1.29 is 13.2 Å². The van der Waals surface area contributed by atoms with Crippen molar-refractivity contribution in [3.8, 4) is 0 Å². The molecule has 3 aromatic rings. The van der Waals surface area contributed by atoms with E-state index in [1.165, 1.54) is 10.4 Å². The first-order valence-electron chi connectivity index (χ1n) is 9.76. The first-order chi connectivity index (χ1) is 14.3. The zero-order valence-electron chi connectivity index (χ0n) is 17.6. The minimum Gasteiger partial charge on any atom is -0.376 e. The fourth-order valence-electron chi connectivity index (χ4n) is 3.26. The number of anilines is 2. The zero-order chi connectivity index (χ0) is 21.9. The number of nitrogens with zero attached hydrogens (tertiary/aromatic N) is 3. The van der Waals surface area contributed by atoms with Crippen molar-refractivity contribution in [2.24, 2.45) is 0 Å². The number of aromatic nitrogens is 1. The van der Waals surface area contributed by atoms with Crippen LogP contribution >= 0.6 is 0 Å². The highest BCUT2D eigenvalue weighted by molar-refractivity contribution is 7.89. The fraction of sp³-hybridized carbons (Fsp3) is 0.273. The van der Waals surface area contributed by atoms with Crippen molar-refractivity contribution in [2.45, 2.75) is 18.7 Å². The summed E-state index contributed by atoms with van der Waals surface area (Å²) in [6, 6.07) is 15.8. The molecule has 8 heteroatoms. The van der Waals surface area contributed by atoms with E-state index in [4.69, 9.17) is 0 Å². The number of rotatable bonds is 7. The van der Waals surface area contributed by atoms with E-state index >= 15 is 0 Å². The van der Waals surface area contributed by atoms with Gasteiger partial charge in [0.15, 0.2) is 0 Å². The molecule has 0 unspecified atom stereocenters. The highest BCUT2D eigenvalue weighted by atomic mass is 32.2. The van der Waals surface area contributed by atoms with E-state index in [2.05, 4.69) is 10.3 Å². The second kappa shape index (κ2) is 8.81. The minimum absolute atomic E-state index is 0.138. The van der Waals surface area contributed by atoms with Gasteiger partial charge in [-0.25, -0.2) is 13.4 Å². The molecule has 1 N–H and O–H groups in total. The van der Waals surface area contributed by atoms with Gasteiger partial charge in [0.2, 0.25) is 10.0 Å². The summed E-state index contributed by atoms with van der Waals surface area (Å²) in [5.41, 5.74) is 2.09. The number of benzene rings is 2. The number of fused-ring (bicyclic) bond motifs is 1. The van der Waals surface area contributed by atoms with Gasteiger partial charge >= 0.3 is 0 Å². The molecule has 158 valence electrons. The van der Waals surface area contributed by atoms with Crippen LogP contribution < -0.4 is 10.2 Å². The lowest BCUT2D eigenvalue weighted by Crippen LogP contribution is -2.30. The van der Waals surface area contributed by atoms with Crippen LogP contribution in [0.2, 0.25) is 0 Å². The molecule has 0 bridgehead atoms. The summed E-state index contributed by atoms with van der Waals surface area (Å²) in [4.78, 5) is 19.3. The maximum absolute atomic E-state index is 12.9. The smallest absolute Gasteiger partial charge is 0.274 e. The van der Waals surface area contributed by atoms with Gasteiger partial charge in [-0.2, -0.15) is 4.31 Å². The Hall–Kier alpha value is -2.97. The predicted octanol–water partition coefficient (Wildman–Crippen LogP) is 3.58. The van der Waals surface area contributed by atoms with Crippen LogP contribution in [0, 0.1) is 0 Å². The fourth-order valence-corrected chi connectivity index (χ4v) is 4.74. The lowest BCUT2D eigenvalue weighted by atomic mass is 10.2. The Balaban J connectivity index is 1.99. The maximum atomic E-state index is 12.9. The van der Waals surface area contributed by atoms with Gasteiger partial charge in [0.05, 0.1) is 21.8 Å². The van der Waals surface area contributed by atoms with Crippen LogP contribution in [0.5, 0.6) is 0 Å². The molecule has 0 atom stereocenters. The van der Waals surface area contributed by atoms with Crippen LogP contribution in [0.1, 0.15) is 24.3 Å². The summed E-state index contributed by atoms with van der Waals surface area (Å²) in [7, 11) is 0.0148. The van der Waals surface area contributed by atoms with Crippen molar-refractivity contribution in [2.75, 3.05) is 37.4 Å². The lowest BCUT2D eigenvalue weighted by molar-refractivity contribution is 0.102. The van der Waals surface area contributed by atoms with E-state index < -0.39 is 15.9 Å². The van der Waals surface area contributed by atoms with Gasteiger partial charge in [0.25, 0.3) is 5.91 Å². The second-order valence-electron chi connectivity index (χ2n) is 7.01. The Labute approximate surface area is 177 Å². The Morgan fingerprint density at radius 2 is 1.70 bits per heavy atom. The Morgan fingerprint density at radius 3 is 2.37 bits per heavy atom. The van der Waals surface area contributed by atoms with Crippen LogP contribution in [-0.2, 0) is 10.0 Å². The molecule has 0 fully saturated rings. The number of pyridine rings is 1. The molecule has 0 aliphatic heterocycles. The molecule has 0 saturated carbocycles. The summed E-state index contributed by atoms with van der Waals surface area (Å²) >= 11 is 0. The quantitative estimate of drug-likeness (QED) is 0.624.